The highest BCUT2D eigenvalue weighted by Crippen LogP contribution is 2.36. The third kappa shape index (κ3) is 7.42. The molecule has 3 rings (SSSR count). The molecule has 2 aromatic rings. The zero-order valence-electron chi connectivity index (χ0n) is 20.1. The SMILES string of the molecule is CS[C@H]1O[C@@H](c2ccc(C)c(Cc3ccc(OCCCC(=O)NCCO)cc3)c2)[C@H](O)[C@@H](O)[C@@H]1O. The van der Waals surface area contributed by atoms with Gasteiger partial charge in [0, 0.05) is 13.0 Å². The van der Waals surface area contributed by atoms with Crippen LogP contribution in [0.2, 0.25) is 0 Å². The van der Waals surface area contributed by atoms with Crippen LogP contribution in [0.3, 0.4) is 0 Å². The molecule has 2 aromatic carbocycles. The lowest BCUT2D eigenvalue weighted by molar-refractivity contribution is -0.200. The van der Waals surface area contributed by atoms with E-state index in [-0.39, 0.29) is 19.1 Å². The molecule has 5 atom stereocenters. The Morgan fingerprint density at radius 1 is 1.09 bits per heavy atom. The average Bonchev–Trinajstić information content (AvgIpc) is 2.86. The molecule has 1 aliphatic heterocycles. The van der Waals surface area contributed by atoms with Crippen molar-refractivity contribution < 1.29 is 34.7 Å². The van der Waals surface area contributed by atoms with Gasteiger partial charge in [0.25, 0.3) is 0 Å². The van der Waals surface area contributed by atoms with Crippen LogP contribution in [0.4, 0.5) is 0 Å². The summed E-state index contributed by atoms with van der Waals surface area (Å²) >= 11 is 1.30. The molecule has 0 aliphatic carbocycles. The summed E-state index contributed by atoms with van der Waals surface area (Å²) in [5, 5.41) is 42.2. The fourth-order valence-corrected chi connectivity index (χ4v) is 4.68. The Kier molecular flexibility index (Phi) is 10.4. The number of thioether (sulfide) groups is 1. The normalized spacial score (nSPS) is 24.2. The van der Waals surface area contributed by atoms with Crippen LogP contribution in [0.25, 0.3) is 0 Å². The fourth-order valence-electron chi connectivity index (χ4n) is 4.01. The minimum atomic E-state index is -1.28. The summed E-state index contributed by atoms with van der Waals surface area (Å²) in [5.74, 6) is 0.626. The predicted molar refractivity (Wildman–Crippen MR) is 134 cm³/mol. The molecule has 0 unspecified atom stereocenters. The fraction of sp³-hybridized carbons (Fsp3) is 0.500. The van der Waals surface area contributed by atoms with E-state index < -0.39 is 29.9 Å². The standard InChI is InChI=1S/C26H35NO7S/c1-16-5-8-18(25-23(31)22(30)24(32)26(34-25)35-2)15-19(16)14-17-6-9-20(10-7-17)33-13-3-4-21(29)27-11-12-28/h5-10,15,22-26,28,30-32H,3-4,11-14H2,1-2H3,(H,27,29)/t22-,23-,24+,25+,26-/m1/s1. The van der Waals surface area contributed by atoms with Crippen LogP contribution in [0.1, 0.15) is 41.2 Å². The smallest absolute Gasteiger partial charge is 0.220 e. The van der Waals surface area contributed by atoms with Gasteiger partial charge < -0.3 is 35.2 Å². The van der Waals surface area contributed by atoms with Crippen LogP contribution in [0.15, 0.2) is 42.5 Å². The lowest BCUT2D eigenvalue weighted by atomic mass is 9.91. The number of benzene rings is 2. The van der Waals surface area contributed by atoms with Gasteiger partial charge in [0.1, 0.15) is 35.6 Å². The molecule has 0 saturated carbocycles. The van der Waals surface area contributed by atoms with E-state index in [1.807, 2.05) is 49.4 Å². The molecule has 192 valence electrons. The Hall–Kier alpha value is -2.14. The number of ether oxygens (including phenoxy) is 2. The summed E-state index contributed by atoms with van der Waals surface area (Å²) in [7, 11) is 0. The number of aliphatic hydroxyl groups excluding tert-OH is 4. The Morgan fingerprint density at radius 3 is 2.51 bits per heavy atom. The molecule has 0 spiro atoms. The zero-order valence-corrected chi connectivity index (χ0v) is 20.9. The molecule has 0 aromatic heterocycles. The van der Waals surface area contributed by atoms with Gasteiger partial charge in [0.2, 0.25) is 5.91 Å². The quantitative estimate of drug-likeness (QED) is 0.292. The topological polar surface area (TPSA) is 128 Å². The first-order valence-electron chi connectivity index (χ1n) is 11.7. The largest absolute Gasteiger partial charge is 0.494 e. The first kappa shape index (κ1) is 27.4. The molecular formula is C26H35NO7S. The highest BCUT2D eigenvalue weighted by molar-refractivity contribution is 7.99. The summed E-state index contributed by atoms with van der Waals surface area (Å²) in [4.78, 5) is 11.5. The first-order valence-corrected chi connectivity index (χ1v) is 13.0. The summed E-state index contributed by atoms with van der Waals surface area (Å²) in [6.45, 7) is 2.64. The number of nitrogens with one attached hydrogen (secondary N) is 1. The number of carbonyl (C=O) groups is 1. The molecule has 1 fully saturated rings. The van der Waals surface area contributed by atoms with Crippen molar-refractivity contribution in [1.82, 2.24) is 5.32 Å². The summed E-state index contributed by atoms with van der Waals surface area (Å²) in [6, 6.07) is 13.6. The van der Waals surface area contributed by atoms with Crippen molar-refractivity contribution in [3.8, 4) is 5.75 Å². The van der Waals surface area contributed by atoms with Gasteiger partial charge in [-0.2, -0.15) is 0 Å². The van der Waals surface area contributed by atoms with Crippen molar-refractivity contribution in [3.05, 3.63) is 64.7 Å². The van der Waals surface area contributed by atoms with Gasteiger partial charge in [0.15, 0.2) is 0 Å². The highest BCUT2D eigenvalue weighted by atomic mass is 32.2. The summed E-state index contributed by atoms with van der Waals surface area (Å²) in [6.07, 6.45) is -0.981. The van der Waals surface area contributed by atoms with Gasteiger partial charge >= 0.3 is 0 Å². The summed E-state index contributed by atoms with van der Waals surface area (Å²) < 4.78 is 11.6. The minimum absolute atomic E-state index is 0.0690. The highest BCUT2D eigenvalue weighted by Gasteiger charge is 2.44. The lowest BCUT2D eigenvalue weighted by Crippen LogP contribution is -2.52. The van der Waals surface area contributed by atoms with E-state index in [4.69, 9.17) is 14.6 Å². The van der Waals surface area contributed by atoms with Crippen LogP contribution in [-0.2, 0) is 16.0 Å². The second kappa shape index (κ2) is 13.2. The molecule has 1 heterocycles. The lowest BCUT2D eigenvalue weighted by Gasteiger charge is -2.40. The van der Waals surface area contributed by atoms with E-state index in [1.54, 1.807) is 6.26 Å². The van der Waals surface area contributed by atoms with Crippen molar-refractivity contribution in [2.45, 2.75) is 56.0 Å². The van der Waals surface area contributed by atoms with Crippen LogP contribution in [-0.4, -0.2) is 76.1 Å². The molecule has 5 N–H and O–H groups in total. The molecule has 1 saturated heterocycles. The van der Waals surface area contributed by atoms with Gasteiger partial charge in [-0.25, -0.2) is 0 Å². The van der Waals surface area contributed by atoms with Crippen LogP contribution in [0.5, 0.6) is 5.75 Å². The number of carbonyl (C=O) groups excluding carboxylic acids is 1. The van der Waals surface area contributed by atoms with Gasteiger partial charge in [0.05, 0.1) is 13.2 Å². The van der Waals surface area contributed by atoms with Gasteiger partial charge in [-0.1, -0.05) is 30.3 Å². The molecule has 0 bridgehead atoms. The maximum Gasteiger partial charge on any atom is 0.220 e. The number of amides is 1. The second-order valence-corrected chi connectivity index (χ2v) is 9.60. The molecule has 8 nitrogen and oxygen atoms in total. The zero-order chi connectivity index (χ0) is 25.4. The van der Waals surface area contributed by atoms with Crippen molar-refractivity contribution in [2.75, 3.05) is 26.0 Å². The van der Waals surface area contributed by atoms with Crippen LogP contribution >= 0.6 is 11.8 Å². The molecule has 35 heavy (non-hydrogen) atoms. The van der Waals surface area contributed by atoms with Crippen molar-refractivity contribution >= 4 is 17.7 Å². The molecule has 0 radical (unpaired) electrons. The maximum absolute atomic E-state index is 11.5. The maximum atomic E-state index is 11.5. The molecule has 1 amide bonds. The number of rotatable bonds is 11. The van der Waals surface area contributed by atoms with Gasteiger partial charge in [-0.05, 0) is 60.4 Å². The van der Waals surface area contributed by atoms with E-state index in [2.05, 4.69) is 5.32 Å². The van der Waals surface area contributed by atoms with Crippen molar-refractivity contribution in [3.63, 3.8) is 0 Å². The summed E-state index contributed by atoms with van der Waals surface area (Å²) in [5.41, 5.74) is 3.39. The molecule has 1 aliphatic rings. The minimum Gasteiger partial charge on any atom is -0.494 e. The second-order valence-electron chi connectivity index (χ2n) is 8.66. The Morgan fingerprint density at radius 2 is 1.83 bits per heavy atom. The van der Waals surface area contributed by atoms with Gasteiger partial charge in [-0.3, -0.25) is 4.79 Å². The van der Waals surface area contributed by atoms with Crippen molar-refractivity contribution in [1.29, 1.82) is 0 Å². The van der Waals surface area contributed by atoms with E-state index in [9.17, 15) is 20.1 Å². The Balaban J connectivity index is 1.59. The van der Waals surface area contributed by atoms with Crippen LogP contribution in [0, 0.1) is 6.92 Å². The average molecular weight is 506 g/mol. The van der Waals surface area contributed by atoms with E-state index in [0.717, 1.165) is 28.0 Å². The van der Waals surface area contributed by atoms with E-state index in [0.29, 0.717) is 25.9 Å². The Labute approximate surface area is 210 Å². The molecular weight excluding hydrogens is 470 g/mol. The number of aliphatic hydroxyl groups is 4. The first-order chi connectivity index (χ1) is 16.8. The van der Waals surface area contributed by atoms with E-state index >= 15 is 0 Å². The van der Waals surface area contributed by atoms with Crippen molar-refractivity contribution in [2.24, 2.45) is 0 Å². The predicted octanol–water partition coefficient (Wildman–Crippen LogP) is 1.70. The molecule has 9 heteroatoms. The van der Waals surface area contributed by atoms with Gasteiger partial charge in [-0.15, -0.1) is 11.8 Å². The van der Waals surface area contributed by atoms with Crippen LogP contribution < -0.4 is 10.1 Å². The van der Waals surface area contributed by atoms with E-state index in [1.165, 1.54) is 11.8 Å². The Bertz CT molecular complexity index is 953. The number of hydrogen-bond acceptors (Lipinski definition) is 8. The number of aryl methyl sites for hydroxylation is 1. The third-order valence-corrected chi connectivity index (χ3v) is 6.93. The third-order valence-electron chi connectivity index (χ3n) is 6.07. The monoisotopic (exact) mass is 505 g/mol. The number of hydrogen-bond donors (Lipinski definition) is 5.